The Labute approximate surface area is 213 Å². The van der Waals surface area contributed by atoms with Crippen LogP contribution in [0.1, 0.15) is 46.0 Å². The first-order chi connectivity index (χ1) is 17.3. The predicted molar refractivity (Wildman–Crippen MR) is 133 cm³/mol. The quantitative estimate of drug-likeness (QED) is 0.479. The number of allylic oxidation sites excluding steroid dienone is 1. The van der Waals surface area contributed by atoms with Crippen molar-refractivity contribution in [3.05, 3.63) is 28.3 Å². The molecular formula is C25H30ClFN6O3. The number of carbonyl (C=O) groups is 1. The number of halogens is 2. The summed E-state index contributed by atoms with van der Waals surface area (Å²) < 4.78 is 21.3. The molecule has 192 valence electrons. The first-order valence-corrected chi connectivity index (χ1v) is 12.9. The van der Waals surface area contributed by atoms with Crippen molar-refractivity contribution < 1.29 is 19.0 Å². The van der Waals surface area contributed by atoms with Crippen LogP contribution in [0.5, 0.6) is 6.01 Å². The van der Waals surface area contributed by atoms with E-state index in [2.05, 4.69) is 28.7 Å². The number of fused-ring (bicyclic) bond motifs is 4. The minimum atomic E-state index is -0.897. The summed E-state index contributed by atoms with van der Waals surface area (Å²) in [6, 6.07) is -0.154. The molecule has 11 heteroatoms. The number of carboxylic acid groups (broad SMARTS) is 1. The number of hydrogen-bond acceptors (Lipinski definition) is 7. The molecule has 2 aromatic rings. The molecule has 2 aromatic heterocycles. The van der Waals surface area contributed by atoms with Gasteiger partial charge in [-0.2, -0.15) is 9.97 Å². The summed E-state index contributed by atoms with van der Waals surface area (Å²) in [4.78, 5) is 30.9. The van der Waals surface area contributed by atoms with Crippen LogP contribution < -0.4 is 9.64 Å². The van der Waals surface area contributed by atoms with Crippen molar-refractivity contribution in [1.29, 1.82) is 0 Å². The molecule has 9 nitrogen and oxygen atoms in total. The third kappa shape index (κ3) is 3.76. The maximum Gasteiger partial charge on any atom is 0.407 e. The maximum atomic E-state index is 15.1. The molecule has 0 spiro atoms. The Morgan fingerprint density at radius 3 is 2.72 bits per heavy atom. The van der Waals surface area contributed by atoms with Gasteiger partial charge in [0.2, 0.25) is 0 Å². The van der Waals surface area contributed by atoms with Gasteiger partial charge in [0, 0.05) is 25.8 Å². The SMILES string of the molecule is CC(C)=C1CN2CCCC2(COc2nc(N3C[C@H]4CC[C@@H](C3)N4C(=O)O)c3cnc(Cl)c(F)c3n2)C1. The van der Waals surface area contributed by atoms with E-state index in [1.807, 2.05) is 4.90 Å². The van der Waals surface area contributed by atoms with Crippen LogP contribution in [0.3, 0.4) is 0 Å². The minimum absolute atomic E-state index is 0.0696. The number of amides is 1. The molecule has 6 heterocycles. The molecule has 1 amide bonds. The number of pyridine rings is 1. The molecule has 1 N–H and O–H groups in total. The van der Waals surface area contributed by atoms with E-state index in [1.165, 1.54) is 17.3 Å². The van der Waals surface area contributed by atoms with Gasteiger partial charge < -0.3 is 14.7 Å². The smallest absolute Gasteiger partial charge is 0.407 e. The molecule has 2 bridgehead atoms. The highest BCUT2D eigenvalue weighted by Gasteiger charge is 2.47. The van der Waals surface area contributed by atoms with Gasteiger partial charge in [-0.15, -0.1) is 0 Å². The van der Waals surface area contributed by atoms with Crippen LogP contribution >= 0.6 is 11.6 Å². The highest BCUT2D eigenvalue weighted by molar-refractivity contribution is 6.30. The highest BCUT2D eigenvalue weighted by atomic mass is 35.5. The predicted octanol–water partition coefficient (Wildman–Crippen LogP) is 4.10. The van der Waals surface area contributed by atoms with Crippen LogP contribution in [-0.2, 0) is 0 Å². The van der Waals surface area contributed by atoms with E-state index in [1.54, 1.807) is 4.90 Å². The Kier molecular flexibility index (Phi) is 5.71. The molecule has 0 aliphatic carbocycles. The zero-order chi connectivity index (χ0) is 25.2. The molecule has 0 radical (unpaired) electrons. The van der Waals surface area contributed by atoms with E-state index in [4.69, 9.17) is 21.3 Å². The number of piperazine rings is 1. The van der Waals surface area contributed by atoms with E-state index in [0.717, 1.165) is 45.2 Å². The second-order valence-corrected chi connectivity index (χ2v) is 11.1. The number of rotatable bonds is 4. The van der Waals surface area contributed by atoms with Gasteiger partial charge >= 0.3 is 12.1 Å². The van der Waals surface area contributed by atoms with E-state index in [0.29, 0.717) is 30.9 Å². The number of anilines is 1. The Balaban J connectivity index is 1.34. The maximum absolute atomic E-state index is 15.1. The second-order valence-electron chi connectivity index (χ2n) is 10.8. The summed E-state index contributed by atoms with van der Waals surface area (Å²) in [5.74, 6) is -0.194. The van der Waals surface area contributed by atoms with Crippen LogP contribution in [0.2, 0.25) is 5.15 Å². The zero-order valence-electron chi connectivity index (χ0n) is 20.5. The standard InChI is InChI=1S/C25H30ClFN6O3/c1-14(2)15-8-25(6-3-7-32(25)10-15)13-36-23-29-20-18(9-28-21(26)19(20)27)22(30-23)31-11-16-4-5-17(12-31)33(16)24(34)35/h9,16-17H,3-8,10-13H2,1-2H3,(H,34,35)/t16-,17+,25?. The summed E-state index contributed by atoms with van der Waals surface area (Å²) in [5.41, 5.74) is 2.79. The second kappa shape index (κ2) is 8.69. The molecule has 4 aliphatic heterocycles. The summed E-state index contributed by atoms with van der Waals surface area (Å²) in [6.07, 6.45) is 5.30. The summed E-state index contributed by atoms with van der Waals surface area (Å²) in [7, 11) is 0. The summed E-state index contributed by atoms with van der Waals surface area (Å²) >= 11 is 6.00. The third-order valence-electron chi connectivity index (χ3n) is 8.45. The Morgan fingerprint density at radius 2 is 2.03 bits per heavy atom. The van der Waals surface area contributed by atoms with Gasteiger partial charge in [-0.25, -0.2) is 14.2 Å². The molecule has 0 saturated carbocycles. The fourth-order valence-corrected chi connectivity index (χ4v) is 6.70. The average molecular weight is 517 g/mol. The monoisotopic (exact) mass is 516 g/mol. The fraction of sp³-hybridized carbons (Fsp3) is 0.600. The normalized spacial score (nSPS) is 27.7. The Bertz CT molecular complexity index is 1260. The largest absolute Gasteiger partial charge is 0.465 e. The van der Waals surface area contributed by atoms with Crippen molar-refractivity contribution in [3.63, 3.8) is 0 Å². The number of ether oxygens (including phenoxy) is 1. The Hall–Kier alpha value is -2.72. The van der Waals surface area contributed by atoms with E-state index >= 15 is 4.39 Å². The van der Waals surface area contributed by atoms with Crippen molar-refractivity contribution in [2.24, 2.45) is 0 Å². The van der Waals surface area contributed by atoms with E-state index in [-0.39, 0.29) is 34.3 Å². The molecule has 0 aromatic carbocycles. The van der Waals surface area contributed by atoms with Gasteiger partial charge in [0.05, 0.1) is 23.0 Å². The highest BCUT2D eigenvalue weighted by Crippen LogP contribution is 2.43. The van der Waals surface area contributed by atoms with Gasteiger partial charge in [-0.05, 0) is 52.5 Å². The zero-order valence-corrected chi connectivity index (χ0v) is 21.3. The van der Waals surface area contributed by atoms with Crippen LogP contribution in [-0.4, -0.2) is 86.4 Å². The molecule has 1 unspecified atom stereocenters. The van der Waals surface area contributed by atoms with Gasteiger partial charge in [0.15, 0.2) is 11.0 Å². The molecule has 4 saturated heterocycles. The van der Waals surface area contributed by atoms with E-state index in [9.17, 15) is 9.90 Å². The van der Waals surface area contributed by atoms with Crippen molar-refractivity contribution in [2.75, 3.05) is 37.7 Å². The fourth-order valence-electron chi connectivity index (χ4n) is 6.57. The van der Waals surface area contributed by atoms with Crippen LogP contribution in [0.25, 0.3) is 10.9 Å². The lowest BCUT2D eigenvalue weighted by atomic mass is 9.92. The van der Waals surface area contributed by atoms with Gasteiger partial charge in [0.25, 0.3) is 0 Å². The molecule has 3 atom stereocenters. The molecule has 36 heavy (non-hydrogen) atoms. The number of aromatic nitrogens is 3. The lowest BCUT2D eigenvalue weighted by molar-refractivity contribution is 0.107. The average Bonchev–Trinajstić information content (AvgIpc) is 3.48. The van der Waals surface area contributed by atoms with Crippen molar-refractivity contribution in [1.82, 2.24) is 24.8 Å². The number of hydrogen-bond donors (Lipinski definition) is 1. The van der Waals surface area contributed by atoms with Crippen molar-refractivity contribution in [2.45, 2.75) is 63.6 Å². The summed E-state index contributed by atoms with van der Waals surface area (Å²) in [6.45, 7) is 7.68. The molecule has 4 fully saturated rings. The van der Waals surface area contributed by atoms with Crippen molar-refractivity contribution >= 4 is 34.4 Å². The first kappa shape index (κ1) is 23.7. The van der Waals surface area contributed by atoms with Crippen LogP contribution in [0, 0.1) is 5.82 Å². The minimum Gasteiger partial charge on any atom is -0.465 e. The van der Waals surface area contributed by atoms with Gasteiger partial charge in [-0.3, -0.25) is 9.80 Å². The van der Waals surface area contributed by atoms with E-state index < -0.39 is 11.9 Å². The first-order valence-electron chi connectivity index (χ1n) is 12.6. The third-order valence-corrected chi connectivity index (χ3v) is 8.71. The Morgan fingerprint density at radius 1 is 1.28 bits per heavy atom. The number of nitrogens with zero attached hydrogens (tertiary/aromatic N) is 6. The molecule has 4 aliphatic rings. The van der Waals surface area contributed by atoms with Gasteiger partial charge in [-0.1, -0.05) is 22.7 Å². The summed E-state index contributed by atoms with van der Waals surface area (Å²) in [5, 5.41) is 9.83. The van der Waals surface area contributed by atoms with Crippen LogP contribution in [0.15, 0.2) is 17.3 Å². The molecular weight excluding hydrogens is 487 g/mol. The van der Waals surface area contributed by atoms with Crippen molar-refractivity contribution in [3.8, 4) is 6.01 Å². The van der Waals surface area contributed by atoms with Crippen LogP contribution in [0.4, 0.5) is 15.0 Å². The lowest BCUT2D eigenvalue weighted by Gasteiger charge is -2.40. The molecule has 6 rings (SSSR count). The topological polar surface area (TPSA) is 94.9 Å². The van der Waals surface area contributed by atoms with Gasteiger partial charge in [0.1, 0.15) is 17.9 Å². The lowest BCUT2D eigenvalue weighted by Crippen LogP contribution is -2.55.